The number of benzene rings is 1. The molecule has 3 heterocycles. The first kappa shape index (κ1) is 19.1. The highest BCUT2D eigenvalue weighted by atomic mass is 19.1. The minimum Gasteiger partial charge on any atom is -0.342 e. The molecule has 2 aromatic rings. The molecule has 0 saturated carbocycles. The highest BCUT2D eigenvalue weighted by Crippen LogP contribution is 2.28. The lowest BCUT2D eigenvalue weighted by Crippen LogP contribution is -2.45. The van der Waals surface area contributed by atoms with Crippen LogP contribution in [0.1, 0.15) is 43.7 Å². The molecule has 2 fully saturated rings. The molecule has 1 atom stereocenters. The van der Waals surface area contributed by atoms with Gasteiger partial charge in [0.25, 0.3) is 0 Å². The van der Waals surface area contributed by atoms with Gasteiger partial charge in [0.2, 0.25) is 5.91 Å². The fourth-order valence-corrected chi connectivity index (χ4v) is 4.36. The average molecular weight is 381 g/mol. The standard InChI is InChI=1S/C23H28FN3O/c24-20-9-4-7-18(15-20)21-10-5-11-22(25-21)19-8-6-12-26(16-19)17-23(28)27-13-2-1-3-14-27/h4-5,7,9-11,15,19H,1-3,6,8,12-14,16-17H2/t19-/m1/s1. The zero-order valence-corrected chi connectivity index (χ0v) is 16.3. The van der Waals surface area contributed by atoms with Crippen molar-refractivity contribution in [3.8, 4) is 11.3 Å². The molecule has 2 aliphatic rings. The molecule has 0 N–H and O–H groups in total. The van der Waals surface area contributed by atoms with Gasteiger partial charge in [0.05, 0.1) is 12.2 Å². The lowest BCUT2D eigenvalue weighted by atomic mass is 9.93. The lowest BCUT2D eigenvalue weighted by Gasteiger charge is -2.34. The van der Waals surface area contributed by atoms with E-state index in [9.17, 15) is 9.18 Å². The van der Waals surface area contributed by atoms with Crippen molar-refractivity contribution < 1.29 is 9.18 Å². The minimum absolute atomic E-state index is 0.246. The monoisotopic (exact) mass is 381 g/mol. The van der Waals surface area contributed by atoms with Crippen LogP contribution >= 0.6 is 0 Å². The zero-order valence-electron chi connectivity index (χ0n) is 16.3. The largest absolute Gasteiger partial charge is 0.342 e. The van der Waals surface area contributed by atoms with Crippen LogP contribution in [0.4, 0.5) is 4.39 Å². The molecule has 2 saturated heterocycles. The summed E-state index contributed by atoms with van der Waals surface area (Å²) in [5, 5.41) is 0. The summed E-state index contributed by atoms with van der Waals surface area (Å²) in [7, 11) is 0. The number of aromatic nitrogens is 1. The Kier molecular flexibility index (Phi) is 6.01. The number of nitrogens with zero attached hydrogens (tertiary/aromatic N) is 3. The highest BCUT2D eigenvalue weighted by molar-refractivity contribution is 5.78. The number of pyridine rings is 1. The van der Waals surface area contributed by atoms with Crippen LogP contribution in [-0.4, -0.2) is 53.4 Å². The van der Waals surface area contributed by atoms with Crippen LogP contribution < -0.4 is 0 Å². The maximum absolute atomic E-state index is 13.6. The smallest absolute Gasteiger partial charge is 0.236 e. The SMILES string of the molecule is O=C(CN1CCC[C@@H](c2cccc(-c3cccc(F)c3)n2)C1)N1CCCCC1. The number of amides is 1. The van der Waals surface area contributed by atoms with E-state index >= 15 is 0 Å². The van der Waals surface area contributed by atoms with Gasteiger partial charge in [-0.2, -0.15) is 0 Å². The van der Waals surface area contributed by atoms with Gasteiger partial charge in [-0.05, 0) is 62.9 Å². The Morgan fingerprint density at radius 1 is 1.04 bits per heavy atom. The summed E-state index contributed by atoms with van der Waals surface area (Å²) in [6, 6.07) is 12.6. The molecule has 1 aromatic heterocycles. The number of carbonyl (C=O) groups excluding carboxylic acids is 1. The topological polar surface area (TPSA) is 36.4 Å². The molecule has 0 spiro atoms. The molecule has 1 aromatic carbocycles. The quantitative estimate of drug-likeness (QED) is 0.801. The van der Waals surface area contributed by atoms with E-state index in [0.29, 0.717) is 12.5 Å². The van der Waals surface area contributed by atoms with E-state index in [1.54, 1.807) is 6.07 Å². The minimum atomic E-state index is -0.246. The summed E-state index contributed by atoms with van der Waals surface area (Å²) in [4.78, 5) is 21.7. The molecule has 5 heteroatoms. The molecule has 148 valence electrons. The number of carbonyl (C=O) groups is 1. The first-order valence-electron chi connectivity index (χ1n) is 10.4. The van der Waals surface area contributed by atoms with Crippen molar-refractivity contribution in [2.75, 3.05) is 32.7 Å². The summed E-state index contributed by atoms with van der Waals surface area (Å²) < 4.78 is 13.6. The lowest BCUT2D eigenvalue weighted by molar-refractivity contribution is -0.133. The van der Waals surface area contributed by atoms with Gasteiger partial charge in [-0.25, -0.2) is 4.39 Å². The van der Waals surface area contributed by atoms with Crippen molar-refractivity contribution in [3.63, 3.8) is 0 Å². The van der Waals surface area contributed by atoms with Crippen molar-refractivity contribution in [2.45, 2.75) is 38.0 Å². The Bertz CT molecular complexity index is 819. The van der Waals surface area contributed by atoms with E-state index in [0.717, 1.165) is 68.8 Å². The van der Waals surface area contributed by atoms with Gasteiger partial charge < -0.3 is 4.90 Å². The average Bonchev–Trinajstić information content (AvgIpc) is 2.75. The Balaban J connectivity index is 1.43. The molecular weight excluding hydrogens is 353 g/mol. The van der Waals surface area contributed by atoms with Crippen LogP contribution in [0.5, 0.6) is 0 Å². The summed E-state index contributed by atoms with van der Waals surface area (Å²) in [5.74, 6) is 0.336. The summed E-state index contributed by atoms with van der Waals surface area (Å²) in [6.07, 6.45) is 5.65. The van der Waals surface area contributed by atoms with Crippen LogP contribution in [-0.2, 0) is 4.79 Å². The second kappa shape index (κ2) is 8.82. The number of piperidine rings is 2. The second-order valence-corrected chi connectivity index (χ2v) is 7.97. The maximum atomic E-state index is 13.6. The molecule has 2 aliphatic heterocycles. The molecule has 4 nitrogen and oxygen atoms in total. The number of likely N-dealkylation sites (tertiary alicyclic amines) is 2. The van der Waals surface area contributed by atoms with Gasteiger partial charge in [0, 0.05) is 36.8 Å². The van der Waals surface area contributed by atoms with Gasteiger partial charge >= 0.3 is 0 Å². The van der Waals surface area contributed by atoms with Crippen LogP contribution in [0.15, 0.2) is 42.5 Å². The molecule has 0 bridgehead atoms. The zero-order chi connectivity index (χ0) is 19.3. The van der Waals surface area contributed by atoms with Crippen molar-refractivity contribution >= 4 is 5.91 Å². The number of rotatable bonds is 4. The Morgan fingerprint density at radius 3 is 2.68 bits per heavy atom. The normalized spacial score (nSPS) is 20.9. The molecule has 0 aliphatic carbocycles. The maximum Gasteiger partial charge on any atom is 0.236 e. The van der Waals surface area contributed by atoms with Crippen LogP contribution in [0, 0.1) is 5.82 Å². The van der Waals surface area contributed by atoms with E-state index in [-0.39, 0.29) is 11.7 Å². The number of halogens is 1. The van der Waals surface area contributed by atoms with E-state index < -0.39 is 0 Å². The summed E-state index contributed by atoms with van der Waals surface area (Å²) in [6.45, 7) is 4.17. The van der Waals surface area contributed by atoms with E-state index in [2.05, 4.69) is 11.0 Å². The van der Waals surface area contributed by atoms with Crippen molar-refractivity contribution in [3.05, 3.63) is 54.0 Å². The van der Waals surface area contributed by atoms with Crippen LogP contribution in [0.25, 0.3) is 11.3 Å². The Morgan fingerprint density at radius 2 is 1.86 bits per heavy atom. The number of hydrogen-bond donors (Lipinski definition) is 0. The van der Waals surface area contributed by atoms with E-state index in [4.69, 9.17) is 4.98 Å². The summed E-state index contributed by atoms with van der Waals surface area (Å²) in [5.41, 5.74) is 2.64. The predicted molar refractivity (Wildman–Crippen MR) is 108 cm³/mol. The van der Waals surface area contributed by atoms with Crippen LogP contribution in [0.2, 0.25) is 0 Å². The third-order valence-corrected chi connectivity index (χ3v) is 5.88. The summed E-state index contributed by atoms with van der Waals surface area (Å²) >= 11 is 0. The number of hydrogen-bond acceptors (Lipinski definition) is 3. The van der Waals surface area contributed by atoms with Gasteiger partial charge in [-0.3, -0.25) is 14.7 Å². The molecule has 0 unspecified atom stereocenters. The van der Waals surface area contributed by atoms with Gasteiger partial charge in [-0.1, -0.05) is 18.2 Å². The van der Waals surface area contributed by atoms with Crippen molar-refractivity contribution in [1.29, 1.82) is 0 Å². The first-order chi connectivity index (χ1) is 13.7. The first-order valence-corrected chi connectivity index (χ1v) is 10.4. The van der Waals surface area contributed by atoms with E-state index in [1.807, 2.05) is 23.1 Å². The van der Waals surface area contributed by atoms with Gasteiger partial charge in [0.1, 0.15) is 5.82 Å². The predicted octanol–water partition coefficient (Wildman–Crippen LogP) is 4.08. The Labute approximate surface area is 166 Å². The second-order valence-electron chi connectivity index (χ2n) is 7.97. The van der Waals surface area contributed by atoms with E-state index in [1.165, 1.54) is 18.6 Å². The van der Waals surface area contributed by atoms with Gasteiger partial charge in [-0.15, -0.1) is 0 Å². The molecule has 1 amide bonds. The fourth-order valence-electron chi connectivity index (χ4n) is 4.36. The van der Waals surface area contributed by atoms with Gasteiger partial charge in [0.15, 0.2) is 0 Å². The Hall–Kier alpha value is -2.27. The third kappa shape index (κ3) is 4.58. The molecule has 0 radical (unpaired) electrons. The van der Waals surface area contributed by atoms with Crippen molar-refractivity contribution in [2.24, 2.45) is 0 Å². The fraction of sp³-hybridized carbons (Fsp3) is 0.478. The van der Waals surface area contributed by atoms with Crippen LogP contribution in [0.3, 0.4) is 0 Å². The molecule has 4 rings (SSSR count). The van der Waals surface area contributed by atoms with Crippen molar-refractivity contribution in [1.82, 2.24) is 14.8 Å². The highest BCUT2D eigenvalue weighted by Gasteiger charge is 2.26. The third-order valence-electron chi connectivity index (χ3n) is 5.88. The molecular formula is C23H28FN3O. The molecule has 28 heavy (non-hydrogen) atoms.